The van der Waals surface area contributed by atoms with E-state index in [0.717, 1.165) is 16.7 Å². The van der Waals surface area contributed by atoms with Crippen molar-refractivity contribution in [1.82, 2.24) is 30.4 Å². The number of thioether (sulfide) groups is 3. The van der Waals surface area contributed by atoms with Gasteiger partial charge in [-0.15, -0.1) is 28.6 Å². The van der Waals surface area contributed by atoms with Crippen molar-refractivity contribution in [1.29, 1.82) is 5.26 Å². The van der Waals surface area contributed by atoms with E-state index >= 15 is 0 Å². The number of aliphatic carboxylic acids is 1. The second kappa shape index (κ2) is 11.0. The molecule has 2 amide bonds. The van der Waals surface area contributed by atoms with E-state index < -0.39 is 28.9 Å². The Morgan fingerprint density at radius 3 is 2.84 bits per heavy atom. The molecule has 0 spiro atoms. The number of hydrogen-bond acceptors (Lipinski definition) is 11. The number of fused-ring (bicyclic) bond motifs is 1. The number of nitrogens with one attached hydrogen (secondary N) is 1. The third-order valence-electron chi connectivity index (χ3n) is 4.32. The van der Waals surface area contributed by atoms with Crippen LogP contribution in [0.2, 0.25) is 0 Å². The van der Waals surface area contributed by atoms with Gasteiger partial charge in [0.15, 0.2) is 0 Å². The number of carbonyl (C=O) groups is 3. The van der Waals surface area contributed by atoms with Crippen molar-refractivity contribution in [2.45, 2.75) is 16.3 Å². The molecule has 2 aliphatic rings. The van der Waals surface area contributed by atoms with Crippen LogP contribution in [0.1, 0.15) is 0 Å². The van der Waals surface area contributed by atoms with Gasteiger partial charge in [-0.1, -0.05) is 11.8 Å². The molecule has 16 heteroatoms. The maximum atomic E-state index is 12.9. The molecule has 0 aromatic carbocycles. The first-order valence-electron chi connectivity index (χ1n) is 8.42. The smallest absolute Gasteiger partial charge is 0.477 e. The Balaban J connectivity index is 0.00000341. The van der Waals surface area contributed by atoms with Crippen LogP contribution in [0.3, 0.4) is 0 Å². The fraction of sp³-hybridized carbons (Fsp3) is 0.533. The summed E-state index contributed by atoms with van der Waals surface area (Å²) in [7, 11) is 2.96. The minimum atomic E-state index is -1.64. The molecule has 1 aromatic rings. The Hall–Kier alpha value is -1.28. The summed E-state index contributed by atoms with van der Waals surface area (Å²) in [5.74, 6) is -1.61. The van der Waals surface area contributed by atoms with Crippen LogP contribution in [0, 0.1) is 11.3 Å². The number of carboxylic acid groups (broad SMARTS) is 1. The minimum absolute atomic E-state index is 0. The molecule has 160 valence electrons. The second-order valence-electron chi connectivity index (χ2n) is 6.11. The first kappa shape index (κ1) is 26.0. The molecule has 0 radical (unpaired) electrons. The third kappa shape index (κ3) is 5.05. The average molecular weight is 495 g/mol. The molecule has 0 unspecified atom stereocenters. The Morgan fingerprint density at radius 2 is 2.26 bits per heavy atom. The van der Waals surface area contributed by atoms with Crippen LogP contribution in [0.25, 0.3) is 0 Å². The number of carbonyl (C=O) groups excluding carboxylic acids is 2. The van der Waals surface area contributed by atoms with E-state index in [2.05, 4.69) is 20.8 Å². The molecule has 0 saturated carbocycles. The molecule has 1 saturated heterocycles. The van der Waals surface area contributed by atoms with E-state index in [9.17, 15) is 19.5 Å². The number of β-lactam (4-membered cyclic amide) rings is 1. The summed E-state index contributed by atoms with van der Waals surface area (Å²) < 4.78 is 6.83. The normalized spacial score (nSPS) is 22.2. The molecule has 12 nitrogen and oxygen atoms in total. The van der Waals surface area contributed by atoms with Gasteiger partial charge in [-0.3, -0.25) is 14.5 Å². The van der Waals surface area contributed by atoms with Crippen molar-refractivity contribution in [3.63, 3.8) is 0 Å². The topological polar surface area (TPSA) is 163 Å². The van der Waals surface area contributed by atoms with Crippen LogP contribution in [0.4, 0.5) is 0 Å². The van der Waals surface area contributed by atoms with E-state index in [4.69, 9.17) is 10.00 Å². The van der Waals surface area contributed by atoms with Gasteiger partial charge in [0.05, 0.1) is 17.6 Å². The van der Waals surface area contributed by atoms with E-state index in [1.807, 2.05) is 6.07 Å². The zero-order valence-electron chi connectivity index (χ0n) is 16.9. The van der Waals surface area contributed by atoms with Gasteiger partial charge in [-0.05, 0) is 16.0 Å². The van der Waals surface area contributed by atoms with Gasteiger partial charge < -0.3 is 15.2 Å². The number of aryl methyl sites for hydroxylation is 1. The molecule has 2 aliphatic heterocycles. The Morgan fingerprint density at radius 1 is 1.52 bits per heavy atom. The first-order chi connectivity index (χ1) is 14.4. The maximum Gasteiger partial charge on any atom is 1.00 e. The van der Waals surface area contributed by atoms with E-state index in [-0.39, 0.29) is 52.5 Å². The largest absolute Gasteiger partial charge is 1.00 e. The summed E-state index contributed by atoms with van der Waals surface area (Å²) in [5.41, 5.74) is -1.21. The number of tetrazole rings is 1. The number of aromatic nitrogens is 4. The molecule has 1 fully saturated rings. The number of amides is 2. The molecular formula is C15H17N7NaO5S3+. The summed E-state index contributed by atoms with van der Waals surface area (Å²) in [5, 5.41) is 31.8. The number of rotatable bonds is 9. The third-order valence-corrected chi connectivity index (χ3v) is 7.59. The number of nitriles is 1. The number of hydrogen-bond donors (Lipinski definition) is 2. The van der Waals surface area contributed by atoms with Crippen LogP contribution in [-0.2, 0) is 26.2 Å². The first-order valence-corrected chi connectivity index (χ1v) is 11.6. The molecule has 0 aliphatic carbocycles. The molecule has 2 N–H and O–H groups in total. The van der Waals surface area contributed by atoms with Gasteiger partial charge in [0.2, 0.25) is 11.1 Å². The van der Waals surface area contributed by atoms with Crippen molar-refractivity contribution in [2.75, 3.05) is 30.1 Å². The van der Waals surface area contributed by atoms with Gasteiger partial charge in [-0.25, -0.2) is 9.48 Å². The molecule has 2 atom stereocenters. The Kier molecular flexibility index (Phi) is 9.25. The van der Waals surface area contributed by atoms with Gasteiger partial charge in [-0.2, -0.15) is 5.26 Å². The number of carboxylic acids is 1. The molecule has 31 heavy (non-hydrogen) atoms. The quantitative estimate of drug-likeness (QED) is 0.114. The molecular weight excluding hydrogens is 477 g/mol. The van der Waals surface area contributed by atoms with Crippen LogP contribution in [-0.4, -0.2) is 89.2 Å². The molecule has 3 heterocycles. The Labute approximate surface area is 212 Å². The van der Waals surface area contributed by atoms with Gasteiger partial charge >= 0.3 is 35.5 Å². The van der Waals surface area contributed by atoms with Crippen LogP contribution >= 0.6 is 35.3 Å². The Bertz CT molecular complexity index is 952. The summed E-state index contributed by atoms with van der Waals surface area (Å²) in [6, 6.07) is 1.92. The summed E-state index contributed by atoms with van der Waals surface area (Å²) >= 11 is 3.67. The predicted molar refractivity (Wildman–Crippen MR) is 108 cm³/mol. The fourth-order valence-electron chi connectivity index (χ4n) is 2.98. The van der Waals surface area contributed by atoms with Crippen molar-refractivity contribution >= 4 is 53.1 Å². The SMILES string of the molecule is CO[C@@]1(NC(=O)CSCC#N)C(=O)N2C(C(=O)O)=C(CSc3nnnn3C)CS[C@@H]21.[Na+]. The number of methoxy groups -OCH3 is 1. The van der Waals surface area contributed by atoms with Gasteiger partial charge in [0, 0.05) is 25.7 Å². The standard InChI is InChI=1S/C15H17N7O5S3.Na/c1-21-14(18-19-20-21)30-6-8-5-29-13-15(27-2,17-9(23)7-28-4-3-16)12(26)22(13)10(8)11(24)25;/h13H,4-7H2,1-2H3,(H,17,23)(H,24,25);/q;+1/t13-,15+;/m1./s1. The van der Waals surface area contributed by atoms with E-state index in [1.54, 1.807) is 7.05 Å². The monoisotopic (exact) mass is 494 g/mol. The average Bonchev–Trinajstić information content (AvgIpc) is 3.14. The van der Waals surface area contributed by atoms with Gasteiger partial charge in [0.25, 0.3) is 11.6 Å². The summed E-state index contributed by atoms with van der Waals surface area (Å²) in [4.78, 5) is 38.2. The zero-order chi connectivity index (χ0) is 21.9. The number of ether oxygens (including phenoxy) is 1. The maximum absolute atomic E-state index is 12.9. The summed E-state index contributed by atoms with van der Waals surface area (Å²) in [6.07, 6.45) is 0. The summed E-state index contributed by atoms with van der Waals surface area (Å²) in [6.45, 7) is 0. The van der Waals surface area contributed by atoms with Crippen molar-refractivity contribution < 1.29 is 53.8 Å². The van der Waals surface area contributed by atoms with E-state index in [0.29, 0.717) is 16.5 Å². The van der Waals surface area contributed by atoms with E-state index in [1.165, 1.54) is 35.3 Å². The van der Waals surface area contributed by atoms with Crippen molar-refractivity contribution in [2.24, 2.45) is 7.05 Å². The van der Waals surface area contributed by atoms with Crippen LogP contribution in [0.15, 0.2) is 16.4 Å². The molecule has 3 rings (SSSR count). The molecule has 0 bridgehead atoms. The van der Waals surface area contributed by atoms with Crippen LogP contribution < -0.4 is 34.9 Å². The van der Waals surface area contributed by atoms with Crippen LogP contribution in [0.5, 0.6) is 0 Å². The van der Waals surface area contributed by atoms with Crippen molar-refractivity contribution in [3.8, 4) is 6.07 Å². The fourth-order valence-corrected chi connectivity index (χ4v) is 5.86. The van der Waals surface area contributed by atoms with Crippen molar-refractivity contribution in [3.05, 3.63) is 11.3 Å². The number of nitrogens with zero attached hydrogens (tertiary/aromatic N) is 6. The molecule has 1 aromatic heterocycles. The predicted octanol–water partition coefficient (Wildman–Crippen LogP) is -3.72. The second-order valence-corrected chi connectivity index (χ2v) is 9.11. The van der Waals surface area contributed by atoms with Gasteiger partial charge in [0.1, 0.15) is 11.1 Å². The zero-order valence-corrected chi connectivity index (χ0v) is 21.3. The minimum Gasteiger partial charge on any atom is -0.477 e.